The Morgan fingerprint density at radius 2 is 1.84 bits per heavy atom. The highest BCUT2D eigenvalue weighted by Crippen LogP contribution is 2.30. The molecule has 2 atom stereocenters. The van der Waals surface area contributed by atoms with Crippen LogP contribution in [0.1, 0.15) is 56.8 Å². The van der Waals surface area contributed by atoms with Gasteiger partial charge in [-0.25, -0.2) is 4.79 Å². The molecule has 204 valence electrons. The van der Waals surface area contributed by atoms with Gasteiger partial charge in [-0.2, -0.15) is 11.8 Å². The van der Waals surface area contributed by atoms with Crippen molar-refractivity contribution in [2.24, 2.45) is 0 Å². The molecule has 9 heteroatoms. The van der Waals surface area contributed by atoms with E-state index in [1.54, 1.807) is 75.9 Å². The number of halogens is 1. The Hall–Kier alpha value is -3.15. The minimum absolute atomic E-state index is 0.184. The minimum Gasteiger partial charge on any atom is -0.444 e. The molecule has 2 rings (SSSR count). The summed E-state index contributed by atoms with van der Waals surface area (Å²) in [7, 11) is 0. The number of carbonyl (C=O) groups excluding carboxylic acids is 3. The van der Waals surface area contributed by atoms with Crippen molar-refractivity contribution in [3.05, 3.63) is 64.2 Å². The molecule has 38 heavy (non-hydrogen) atoms. The molecule has 0 aromatic heterocycles. The van der Waals surface area contributed by atoms with Crippen LogP contribution in [0, 0.1) is 19.3 Å². The fourth-order valence-corrected chi connectivity index (χ4v) is 4.65. The molecular weight excluding hydrogens is 522 g/mol. The molecule has 0 bridgehead atoms. The first kappa shape index (κ1) is 31.1. The Morgan fingerprint density at radius 1 is 1.16 bits per heavy atom. The van der Waals surface area contributed by atoms with E-state index in [0.717, 1.165) is 5.56 Å². The van der Waals surface area contributed by atoms with Crippen LogP contribution in [0.2, 0.25) is 5.02 Å². The summed E-state index contributed by atoms with van der Waals surface area (Å²) in [6, 6.07) is 10.3. The second-order valence-electron chi connectivity index (χ2n) is 9.66. The molecule has 0 saturated carbocycles. The topological polar surface area (TPSA) is 87.7 Å². The minimum atomic E-state index is -1.08. The molecule has 2 unspecified atom stereocenters. The number of carbonyl (C=O) groups is 3. The first-order valence-corrected chi connectivity index (χ1v) is 14.1. The number of para-hydroxylation sites is 1. The van der Waals surface area contributed by atoms with Gasteiger partial charge in [0.2, 0.25) is 5.91 Å². The number of amides is 3. The monoisotopic (exact) mass is 557 g/mol. The van der Waals surface area contributed by atoms with Crippen LogP contribution in [-0.4, -0.2) is 53.0 Å². The number of terminal acetylenes is 1. The summed E-state index contributed by atoms with van der Waals surface area (Å²) < 4.78 is 5.40. The number of hydrogen-bond donors (Lipinski definition) is 2. The number of alkyl carbamates (subject to hydrolysis) is 1. The Balaban J connectivity index is 2.54. The van der Waals surface area contributed by atoms with Crippen LogP contribution in [0.5, 0.6) is 0 Å². The van der Waals surface area contributed by atoms with Crippen molar-refractivity contribution in [2.75, 3.05) is 23.9 Å². The van der Waals surface area contributed by atoms with Gasteiger partial charge in [-0.15, -0.1) is 6.42 Å². The zero-order chi connectivity index (χ0) is 28.5. The van der Waals surface area contributed by atoms with Crippen molar-refractivity contribution < 1.29 is 19.1 Å². The summed E-state index contributed by atoms with van der Waals surface area (Å²) >= 11 is 7.93. The molecule has 3 amide bonds. The predicted molar refractivity (Wildman–Crippen MR) is 155 cm³/mol. The van der Waals surface area contributed by atoms with Crippen LogP contribution in [0.25, 0.3) is 0 Å². The molecule has 0 heterocycles. The first-order chi connectivity index (χ1) is 17.9. The lowest BCUT2D eigenvalue weighted by Crippen LogP contribution is -2.52. The highest BCUT2D eigenvalue weighted by molar-refractivity contribution is 7.98. The quantitative estimate of drug-likeness (QED) is 0.360. The largest absolute Gasteiger partial charge is 0.444 e. The van der Waals surface area contributed by atoms with Gasteiger partial charge in [0, 0.05) is 12.1 Å². The van der Waals surface area contributed by atoms with Crippen molar-refractivity contribution in [1.29, 1.82) is 0 Å². The van der Waals surface area contributed by atoms with Gasteiger partial charge in [0.15, 0.2) is 0 Å². The zero-order valence-electron chi connectivity index (χ0n) is 22.8. The van der Waals surface area contributed by atoms with Gasteiger partial charge in [-0.05, 0) is 76.3 Å². The molecule has 0 aliphatic heterocycles. The second kappa shape index (κ2) is 14.1. The number of hydrogen-bond acceptors (Lipinski definition) is 5. The Morgan fingerprint density at radius 3 is 2.42 bits per heavy atom. The summed E-state index contributed by atoms with van der Waals surface area (Å²) in [4.78, 5) is 41.9. The summed E-state index contributed by atoms with van der Waals surface area (Å²) in [5, 5.41) is 5.98. The summed E-state index contributed by atoms with van der Waals surface area (Å²) in [5.41, 5.74) is 1.47. The first-order valence-electron chi connectivity index (χ1n) is 12.3. The van der Waals surface area contributed by atoms with E-state index in [-0.39, 0.29) is 6.54 Å². The molecule has 2 N–H and O–H groups in total. The Bertz CT molecular complexity index is 1170. The van der Waals surface area contributed by atoms with Crippen molar-refractivity contribution in [1.82, 2.24) is 10.2 Å². The van der Waals surface area contributed by atoms with E-state index in [4.69, 9.17) is 22.8 Å². The molecule has 2 aromatic rings. The van der Waals surface area contributed by atoms with E-state index in [1.807, 2.05) is 19.2 Å². The lowest BCUT2D eigenvalue weighted by molar-refractivity contribution is -0.140. The molecule has 0 aliphatic carbocycles. The van der Waals surface area contributed by atoms with Crippen LogP contribution >= 0.6 is 23.4 Å². The number of ether oxygens (including phenoxy) is 1. The number of thioether (sulfide) groups is 1. The van der Waals surface area contributed by atoms with Crippen molar-refractivity contribution >= 4 is 47.0 Å². The van der Waals surface area contributed by atoms with E-state index < -0.39 is 35.6 Å². The maximum absolute atomic E-state index is 14.0. The van der Waals surface area contributed by atoms with Gasteiger partial charge in [-0.1, -0.05) is 47.9 Å². The van der Waals surface area contributed by atoms with E-state index >= 15 is 0 Å². The second-order valence-corrected chi connectivity index (χ2v) is 11.1. The number of anilines is 1. The fraction of sp³-hybridized carbons (Fsp3) is 0.414. The van der Waals surface area contributed by atoms with Gasteiger partial charge >= 0.3 is 6.09 Å². The highest BCUT2D eigenvalue weighted by atomic mass is 35.5. The fourth-order valence-electron chi connectivity index (χ4n) is 3.91. The molecular formula is C29H36ClN3O4S. The van der Waals surface area contributed by atoms with Crippen molar-refractivity contribution in [2.45, 2.75) is 58.7 Å². The number of benzene rings is 2. The van der Waals surface area contributed by atoms with Crippen molar-refractivity contribution in [3.63, 3.8) is 0 Å². The standard InChI is InChI=1S/C29H36ClN3O4S/c1-8-20-14-10-11-15-21(20)25(26(34)32-24-19(3)13-12-16-22(24)30)33(9-2)27(35)23(17-18-38-7)31-28(36)37-29(4,5)6/h1,10-16,23,25H,9,17-18H2,2-7H3,(H,31,36)(H,32,34). The summed E-state index contributed by atoms with van der Waals surface area (Å²) in [6.07, 6.45) is 7.34. The normalized spacial score (nSPS) is 12.6. The summed E-state index contributed by atoms with van der Waals surface area (Å²) in [6.45, 7) is 9.03. The lowest BCUT2D eigenvalue weighted by atomic mass is 9.97. The van der Waals surface area contributed by atoms with Gasteiger partial charge in [-0.3, -0.25) is 9.59 Å². The van der Waals surface area contributed by atoms with Gasteiger partial charge in [0.1, 0.15) is 17.7 Å². The predicted octanol–water partition coefficient (Wildman–Crippen LogP) is 5.80. The number of nitrogens with one attached hydrogen (secondary N) is 2. The van der Waals surface area contributed by atoms with E-state index in [1.165, 1.54) is 4.90 Å². The number of nitrogens with zero attached hydrogens (tertiary/aromatic N) is 1. The third-order valence-electron chi connectivity index (χ3n) is 5.66. The van der Waals surface area contributed by atoms with E-state index in [0.29, 0.717) is 34.0 Å². The van der Waals surface area contributed by atoms with E-state index in [2.05, 4.69) is 16.6 Å². The average Bonchev–Trinajstić information content (AvgIpc) is 2.85. The van der Waals surface area contributed by atoms with Gasteiger partial charge in [0.05, 0.1) is 10.7 Å². The third-order valence-corrected chi connectivity index (χ3v) is 6.62. The zero-order valence-corrected chi connectivity index (χ0v) is 24.3. The van der Waals surface area contributed by atoms with Crippen LogP contribution in [0.15, 0.2) is 42.5 Å². The molecule has 0 radical (unpaired) electrons. The van der Waals surface area contributed by atoms with Crippen LogP contribution < -0.4 is 10.6 Å². The van der Waals surface area contributed by atoms with Gasteiger partial charge < -0.3 is 20.3 Å². The summed E-state index contributed by atoms with van der Waals surface area (Å²) in [5.74, 6) is 2.34. The highest BCUT2D eigenvalue weighted by Gasteiger charge is 2.36. The van der Waals surface area contributed by atoms with Crippen molar-refractivity contribution in [3.8, 4) is 12.3 Å². The smallest absolute Gasteiger partial charge is 0.408 e. The number of likely N-dealkylation sites (N-methyl/N-ethyl adjacent to an activating group) is 1. The van der Waals surface area contributed by atoms with Crippen LogP contribution in [0.3, 0.4) is 0 Å². The third kappa shape index (κ3) is 8.44. The number of aryl methyl sites for hydroxylation is 1. The molecule has 0 aliphatic rings. The number of rotatable bonds is 10. The average molecular weight is 558 g/mol. The Labute approximate surface area is 235 Å². The Kier molecular flexibility index (Phi) is 11.6. The maximum atomic E-state index is 14.0. The van der Waals surface area contributed by atoms with Gasteiger partial charge in [0.25, 0.3) is 5.91 Å². The molecule has 0 spiro atoms. The molecule has 7 nitrogen and oxygen atoms in total. The van der Waals surface area contributed by atoms with E-state index in [9.17, 15) is 14.4 Å². The molecule has 0 fully saturated rings. The molecule has 2 aromatic carbocycles. The lowest BCUT2D eigenvalue weighted by Gasteiger charge is -2.34. The SMILES string of the molecule is C#Cc1ccccc1C(C(=O)Nc1c(C)cccc1Cl)N(CC)C(=O)C(CCSC)NC(=O)OC(C)(C)C. The molecule has 0 saturated heterocycles. The maximum Gasteiger partial charge on any atom is 0.408 e. The van der Waals surface area contributed by atoms with Crippen LogP contribution in [-0.2, 0) is 14.3 Å². The van der Waals surface area contributed by atoms with Crippen LogP contribution in [0.4, 0.5) is 10.5 Å².